The Hall–Kier alpha value is -1.88. The minimum absolute atomic E-state index is 0.0305. The molecule has 2 heterocycles. The Morgan fingerprint density at radius 1 is 1.57 bits per heavy atom. The minimum atomic E-state index is -1.03. The number of H-pyrrole nitrogens is 1. The van der Waals surface area contributed by atoms with Gasteiger partial charge in [-0.15, -0.1) is 0 Å². The predicted octanol–water partition coefficient (Wildman–Crippen LogP) is 0.720. The van der Waals surface area contributed by atoms with Crippen molar-refractivity contribution in [2.75, 3.05) is 0 Å². The van der Waals surface area contributed by atoms with Crippen molar-refractivity contribution in [3.63, 3.8) is 0 Å². The third-order valence-electron chi connectivity index (χ3n) is 2.06. The summed E-state index contributed by atoms with van der Waals surface area (Å²) in [5.41, 5.74) is 7.02. The molecule has 0 aliphatic rings. The molecule has 2 rings (SSSR count). The van der Waals surface area contributed by atoms with Crippen LogP contribution < -0.4 is 5.73 Å². The molecule has 0 radical (unpaired) electrons. The van der Waals surface area contributed by atoms with E-state index >= 15 is 0 Å². The molecule has 0 atom stereocenters. The number of pyridine rings is 1. The molecule has 0 saturated heterocycles. The Balaban J connectivity index is 2.63. The summed E-state index contributed by atoms with van der Waals surface area (Å²) in [5, 5.41) is 9.58. The van der Waals surface area contributed by atoms with Gasteiger partial charge >= 0.3 is 5.97 Å². The Bertz CT molecular complexity index is 490. The highest BCUT2D eigenvalue weighted by Gasteiger charge is 2.08. The Labute approximate surface area is 79.6 Å². The molecule has 0 aromatic carbocycles. The summed E-state index contributed by atoms with van der Waals surface area (Å²) in [4.78, 5) is 17.4. The number of rotatable bonds is 2. The molecular formula is C9H9N3O2. The van der Waals surface area contributed by atoms with Gasteiger partial charge in [0.25, 0.3) is 0 Å². The lowest BCUT2D eigenvalue weighted by Gasteiger charge is -1.95. The van der Waals surface area contributed by atoms with Crippen molar-refractivity contribution in [2.45, 2.75) is 6.54 Å². The summed E-state index contributed by atoms with van der Waals surface area (Å²) in [6.07, 6.45) is 1.74. The van der Waals surface area contributed by atoms with E-state index in [2.05, 4.69) is 9.97 Å². The maximum Gasteiger partial charge on any atom is 0.354 e. The quantitative estimate of drug-likeness (QED) is 0.652. The lowest BCUT2D eigenvalue weighted by Crippen LogP contribution is -2.00. The second kappa shape index (κ2) is 3.12. The highest BCUT2D eigenvalue weighted by Crippen LogP contribution is 2.16. The van der Waals surface area contributed by atoms with E-state index in [-0.39, 0.29) is 5.69 Å². The van der Waals surface area contributed by atoms with Crippen molar-refractivity contribution in [3.8, 4) is 0 Å². The number of hydrogen-bond donors (Lipinski definition) is 3. The van der Waals surface area contributed by atoms with Crippen molar-refractivity contribution in [1.29, 1.82) is 0 Å². The average molecular weight is 191 g/mol. The molecule has 0 unspecified atom stereocenters. The predicted molar refractivity (Wildman–Crippen MR) is 50.9 cm³/mol. The van der Waals surface area contributed by atoms with E-state index in [0.29, 0.717) is 12.2 Å². The molecule has 0 amide bonds. The number of aromatic carboxylic acids is 1. The van der Waals surface area contributed by atoms with Crippen LogP contribution in [0.3, 0.4) is 0 Å². The fourth-order valence-corrected chi connectivity index (χ4v) is 1.35. The number of nitrogens with one attached hydrogen (secondary N) is 1. The van der Waals surface area contributed by atoms with Crippen molar-refractivity contribution in [2.24, 2.45) is 5.73 Å². The fraction of sp³-hybridized carbons (Fsp3) is 0.111. The molecule has 5 heteroatoms. The second-order valence-electron chi connectivity index (χ2n) is 2.92. The van der Waals surface area contributed by atoms with E-state index in [9.17, 15) is 4.79 Å². The molecule has 72 valence electrons. The zero-order chi connectivity index (χ0) is 10.1. The molecule has 0 fully saturated rings. The molecule has 0 aliphatic carbocycles. The standard InChI is InChI=1S/C9H9N3O2/c10-3-5-4-11-8-6(5)1-2-7(12-8)9(13)14/h1-2,4H,3,10H2,(H,11,12)(H,13,14). The van der Waals surface area contributed by atoms with Crippen LogP contribution in [-0.2, 0) is 6.54 Å². The first-order valence-corrected chi connectivity index (χ1v) is 4.12. The summed E-state index contributed by atoms with van der Waals surface area (Å²) in [5.74, 6) is -1.03. The van der Waals surface area contributed by atoms with Crippen LogP contribution in [0.15, 0.2) is 18.3 Å². The Morgan fingerprint density at radius 3 is 3.00 bits per heavy atom. The third kappa shape index (κ3) is 1.23. The van der Waals surface area contributed by atoms with Crippen molar-refractivity contribution < 1.29 is 9.90 Å². The van der Waals surface area contributed by atoms with Gasteiger partial charge in [-0.25, -0.2) is 9.78 Å². The summed E-state index contributed by atoms with van der Waals surface area (Å²) >= 11 is 0. The largest absolute Gasteiger partial charge is 0.477 e. The fourth-order valence-electron chi connectivity index (χ4n) is 1.35. The zero-order valence-corrected chi connectivity index (χ0v) is 7.32. The lowest BCUT2D eigenvalue weighted by molar-refractivity contribution is 0.0691. The average Bonchev–Trinajstić information content (AvgIpc) is 2.59. The van der Waals surface area contributed by atoms with E-state index in [0.717, 1.165) is 10.9 Å². The molecular weight excluding hydrogens is 182 g/mol. The van der Waals surface area contributed by atoms with Gasteiger partial charge in [-0.3, -0.25) is 0 Å². The van der Waals surface area contributed by atoms with Crippen LogP contribution >= 0.6 is 0 Å². The first-order chi connectivity index (χ1) is 6.72. The van der Waals surface area contributed by atoms with E-state index < -0.39 is 5.97 Å². The van der Waals surface area contributed by atoms with Gasteiger partial charge in [0.2, 0.25) is 0 Å². The number of carbonyl (C=O) groups is 1. The first kappa shape index (κ1) is 8.71. The highest BCUT2D eigenvalue weighted by atomic mass is 16.4. The van der Waals surface area contributed by atoms with E-state index in [4.69, 9.17) is 10.8 Å². The van der Waals surface area contributed by atoms with Gasteiger partial charge in [0.15, 0.2) is 5.69 Å². The number of carboxylic acids is 1. The van der Waals surface area contributed by atoms with E-state index in [1.54, 1.807) is 12.3 Å². The van der Waals surface area contributed by atoms with Gasteiger partial charge in [0.05, 0.1) is 0 Å². The molecule has 0 saturated carbocycles. The van der Waals surface area contributed by atoms with E-state index in [1.165, 1.54) is 6.07 Å². The molecule has 14 heavy (non-hydrogen) atoms. The monoisotopic (exact) mass is 191 g/mol. The summed E-state index contributed by atoms with van der Waals surface area (Å²) in [6.45, 7) is 0.411. The summed E-state index contributed by atoms with van der Waals surface area (Å²) in [6, 6.07) is 3.18. The van der Waals surface area contributed by atoms with Crippen LogP contribution in [-0.4, -0.2) is 21.0 Å². The molecule has 2 aromatic heterocycles. The van der Waals surface area contributed by atoms with Crippen LogP contribution in [0.25, 0.3) is 11.0 Å². The molecule has 4 N–H and O–H groups in total. The van der Waals surface area contributed by atoms with Crippen LogP contribution in [0, 0.1) is 0 Å². The molecule has 0 bridgehead atoms. The third-order valence-corrected chi connectivity index (χ3v) is 2.06. The Morgan fingerprint density at radius 2 is 2.36 bits per heavy atom. The Kier molecular flexibility index (Phi) is 1.94. The maximum absolute atomic E-state index is 10.6. The number of fused-ring (bicyclic) bond motifs is 1. The highest BCUT2D eigenvalue weighted by molar-refractivity contribution is 5.89. The molecule has 0 aliphatic heterocycles. The number of hydrogen-bond acceptors (Lipinski definition) is 3. The number of nitrogens with zero attached hydrogens (tertiary/aromatic N) is 1. The van der Waals surface area contributed by atoms with Crippen molar-refractivity contribution in [3.05, 3.63) is 29.6 Å². The van der Waals surface area contributed by atoms with Crippen molar-refractivity contribution >= 4 is 17.0 Å². The van der Waals surface area contributed by atoms with Crippen molar-refractivity contribution in [1.82, 2.24) is 9.97 Å². The maximum atomic E-state index is 10.6. The van der Waals surface area contributed by atoms with Crippen LogP contribution in [0.2, 0.25) is 0 Å². The van der Waals surface area contributed by atoms with Gasteiger partial charge in [-0.1, -0.05) is 0 Å². The minimum Gasteiger partial charge on any atom is -0.477 e. The topological polar surface area (TPSA) is 92.0 Å². The SMILES string of the molecule is NCc1c[nH]c2nc(C(=O)O)ccc12. The van der Waals surface area contributed by atoms with Crippen LogP contribution in [0.1, 0.15) is 16.1 Å². The number of carboxylic acid groups (broad SMARTS) is 1. The summed E-state index contributed by atoms with van der Waals surface area (Å²) < 4.78 is 0. The second-order valence-corrected chi connectivity index (χ2v) is 2.92. The summed E-state index contributed by atoms with van der Waals surface area (Å²) in [7, 11) is 0. The smallest absolute Gasteiger partial charge is 0.354 e. The van der Waals surface area contributed by atoms with Gasteiger partial charge in [-0.05, 0) is 17.7 Å². The van der Waals surface area contributed by atoms with Gasteiger partial charge in [0.1, 0.15) is 5.65 Å². The van der Waals surface area contributed by atoms with Crippen LogP contribution in [0.5, 0.6) is 0 Å². The van der Waals surface area contributed by atoms with Gasteiger partial charge in [-0.2, -0.15) is 0 Å². The first-order valence-electron chi connectivity index (χ1n) is 4.12. The van der Waals surface area contributed by atoms with E-state index in [1.807, 2.05) is 0 Å². The lowest BCUT2D eigenvalue weighted by atomic mass is 10.2. The zero-order valence-electron chi connectivity index (χ0n) is 7.32. The van der Waals surface area contributed by atoms with Gasteiger partial charge in [0, 0.05) is 18.1 Å². The molecule has 5 nitrogen and oxygen atoms in total. The van der Waals surface area contributed by atoms with Crippen LogP contribution in [0.4, 0.5) is 0 Å². The molecule has 0 spiro atoms. The number of nitrogens with two attached hydrogens (primary N) is 1. The number of aromatic amines is 1. The number of aromatic nitrogens is 2. The normalized spacial score (nSPS) is 10.6. The molecule has 2 aromatic rings. The van der Waals surface area contributed by atoms with Gasteiger partial charge < -0.3 is 15.8 Å².